The van der Waals surface area contributed by atoms with E-state index in [9.17, 15) is 4.79 Å². The number of piperidine rings is 1. The summed E-state index contributed by atoms with van der Waals surface area (Å²) in [7, 11) is 2.15. The van der Waals surface area contributed by atoms with Crippen LogP contribution in [0.3, 0.4) is 0 Å². The van der Waals surface area contributed by atoms with E-state index in [0.29, 0.717) is 12.0 Å². The summed E-state index contributed by atoms with van der Waals surface area (Å²) in [4.78, 5) is 13.6. The molecule has 94 valence electrons. The molecule has 1 saturated heterocycles. The molecule has 0 aromatic heterocycles. The van der Waals surface area contributed by atoms with Crippen molar-refractivity contribution in [3.8, 4) is 0 Å². The van der Waals surface area contributed by atoms with Gasteiger partial charge in [-0.2, -0.15) is 0 Å². The van der Waals surface area contributed by atoms with E-state index in [1.165, 1.54) is 19.4 Å². The van der Waals surface area contributed by atoms with Crippen LogP contribution in [0.2, 0.25) is 0 Å². The fraction of sp³-hybridized carbons (Fsp3) is 0.917. The molecule has 2 unspecified atom stereocenters. The Morgan fingerprint density at radius 2 is 2.19 bits per heavy atom. The van der Waals surface area contributed by atoms with Crippen molar-refractivity contribution < 1.29 is 4.79 Å². The summed E-state index contributed by atoms with van der Waals surface area (Å²) in [6.07, 6.45) is 2.47. The Morgan fingerprint density at radius 1 is 1.56 bits per heavy atom. The molecule has 4 heteroatoms. The third-order valence-corrected chi connectivity index (χ3v) is 3.57. The molecule has 2 atom stereocenters. The van der Waals surface area contributed by atoms with Crippen LogP contribution in [0.1, 0.15) is 33.6 Å². The van der Waals surface area contributed by atoms with Crippen LogP contribution in [0, 0.1) is 5.92 Å². The van der Waals surface area contributed by atoms with E-state index in [1.54, 1.807) is 0 Å². The molecule has 0 spiro atoms. The van der Waals surface area contributed by atoms with Crippen molar-refractivity contribution in [2.75, 3.05) is 20.1 Å². The van der Waals surface area contributed by atoms with Crippen molar-refractivity contribution in [1.82, 2.24) is 10.2 Å². The van der Waals surface area contributed by atoms with Gasteiger partial charge >= 0.3 is 0 Å². The molecule has 3 N–H and O–H groups in total. The van der Waals surface area contributed by atoms with E-state index in [-0.39, 0.29) is 5.91 Å². The van der Waals surface area contributed by atoms with Gasteiger partial charge in [-0.1, -0.05) is 0 Å². The van der Waals surface area contributed by atoms with Gasteiger partial charge < -0.3 is 16.0 Å². The topological polar surface area (TPSA) is 58.4 Å². The number of nitrogens with zero attached hydrogens (tertiary/aromatic N) is 1. The molecule has 0 bridgehead atoms. The monoisotopic (exact) mass is 227 g/mol. The second kappa shape index (κ2) is 5.15. The number of hydrogen-bond acceptors (Lipinski definition) is 3. The van der Waals surface area contributed by atoms with Gasteiger partial charge in [-0.3, -0.25) is 4.79 Å². The highest BCUT2D eigenvalue weighted by Gasteiger charge is 2.30. The molecule has 0 aromatic carbocycles. The van der Waals surface area contributed by atoms with Crippen molar-refractivity contribution in [3.05, 3.63) is 0 Å². The summed E-state index contributed by atoms with van der Waals surface area (Å²) >= 11 is 0. The van der Waals surface area contributed by atoms with Crippen LogP contribution < -0.4 is 11.1 Å². The zero-order valence-electron chi connectivity index (χ0n) is 10.9. The average molecular weight is 227 g/mol. The minimum Gasteiger partial charge on any atom is -0.368 e. The summed E-state index contributed by atoms with van der Waals surface area (Å²) in [5, 5.41) is 3.34. The Labute approximate surface area is 98.6 Å². The minimum absolute atomic E-state index is 0.288. The lowest BCUT2D eigenvalue weighted by molar-refractivity contribution is -0.123. The normalized spacial score (nSPS) is 25.4. The van der Waals surface area contributed by atoms with Crippen LogP contribution in [0.5, 0.6) is 0 Å². The first-order valence-electron chi connectivity index (χ1n) is 6.09. The molecular weight excluding hydrogens is 202 g/mol. The second-order valence-electron chi connectivity index (χ2n) is 5.59. The third kappa shape index (κ3) is 3.46. The molecule has 1 rings (SSSR count). The number of likely N-dealkylation sites (tertiary alicyclic amines) is 1. The molecule has 0 saturated carbocycles. The highest BCUT2D eigenvalue weighted by atomic mass is 16.1. The van der Waals surface area contributed by atoms with Crippen molar-refractivity contribution in [3.63, 3.8) is 0 Å². The Morgan fingerprint density at radius 3 is 2.69 bits per heavy atom. The fourth-order valence-corrected chi connectivity index (χ4v) is 2.37. The van der Waals surface area contributed by atoms with Crippen LogP contribution in [-0.4, -0.2) is 42.5 Å². The van der Waals surface area contributed by atoms with E-state index < -0.39 is 5.54 Å². The molecule has 1 amide bonds. The molecule has 0 aromatic rings. The maximum Gasteiger partial charge on any atom is 0.237 e. The molecule has 4 nitrogen and oxygen atoms in total. The fourth-order valence-electron chi connectivity index (χ4n) is 2.37. The standard InChI is InChI=1S/C12H25N3O/c1-9(14-12(2,3)11(13)16)10-6-5-7-15(4)8-10/h9-10,14H,5-8H2,1-4H3,(H2,13,16). The van der Waals surface area contributed by atoms with Gasteiger partial charge in [0.2, 0.25) is 5.91 Å². The number of nitrogens with two attached hydrogens (primary N) is 1. The van der Waals surface area contributed by atoms with E-state index in [1.807, 2.05) is 13.8 Å². The smallest absolute Gasteiger partial charge is 0.237 e. The van der Waals surface area contributed by atoms with Gasteiger partial charge in [-0.15, -0.1) is 0 Å². The largest absolute Gasteiger partial charge is 0.368 e. The first-order chi connectivity index (χ1) is 7.33. The van der Waals surface area contributed by atoms with Crippen molar-refractivity contribution in [2.24, 2.45) is 11.7 Å². The third-order valence-electron chi connectivity index (χ3n) is 3.57. The second-order valence-corrected chi connectivity index (χ2v) is 5.59. The maximum atomic E-state index is 11.3. The summed E-state index contributed by atoms with van der Waals surface area (Å²) in [6, 6.07) is 0.324. The molecule has 1 heterocycles. The molecule has 1 aliphatic heterocycles. The van der Waals surface area contributed by atoms with E-state index in [2.05, 4.69) is 24.2 Å². The molecule has 1 fully saturated rings. The number of hydrogen-bond donors (Lipinski definition) is 2. The van der Waals surface area contributed by atoms with Crippen molar-refractivity contribution in [2.45, 2.75) is 45.2 Å². The van der Waals surface area contributed by atoms with Crippen molar-refractivity contribution >= 4 is 5.91 Å². The lowest BCUT2D eigenvalue weighted by Gasteiger charge is -2.37. The Balaban J connectivity index is 2.51. The number of rotatable bonds is 4. The molecule has 0 aliphatic carbocycles. The number of carbonyl (C=O) groups excluding carboxylic acids is 1. The van der Waals surface area contributed by atoms with Gasteiger partial charge in [0.25, 0.3) is 0 Å². The number of nitrogens with one attached hydrogen (secondary N) is 1. The summed E-state index contributed by atoms with van der Waals surface area (Å²) in [5.74, 6) is 0.320. The summed E-state index contributed by atoms with van der Waals surface area (Å²) in [6.45, 7) is 8.12. The van der Waals surface area contributed by atoms with E-state index in [4.69, 9.17) is 5.73 Å². The van der Waals surface area contributed by atoms with Gasteiger partial charge in [0.05, 0.1) is 5.54 Å². The highest BCUT2D eigenvalue weighted by molar-refractivity contribution is 5.83. The average Bonchev–Trinajstić information content (AvgIpc) is 2.16. The lowest BCUT2D eigenvalue weighted by atomic mass is 9.90. The van der Waals surface area contributed by atoms with Gasteiger partial charge in [-0.05, 0) is 53.1 Å². The van der Waals surface area contributed by atoms with E-state index in [0.717, 1.165) is 6.54 Å². The first kappa shape index (κ1) is 13.5. The van der Waals surface area contributed by atoms with Crippen LogP contribution >= 0.6 is 0 Å². The molecule has 0 radical (unpaired) electrons. The first-order valence-corrected chi connectivity index (χ1v) is 6.09. The van der Waals surface area contributed by atoms with Crippen LogP contribution in [-0.2, 0) is 4.79 Å². The number of amides is 1. The van der Waals surface area contributed by atoms with Crippen LogP contribution in [0.25, 0.3) is 0 Å². The maximum absolute atomic E-state index is 11.3. The predicted octanol–water partition coefficient (Wildman–Crippen LogP) is 0.570. The number of carbonyl (C=O) groups is 1. The summed E-state index contributed by atoms with van der Waals surface area (Å²) in [5.41, 5.74) is 4.75. The zero-order chi connectivity index (χ0) is 12.3. The van der Waals surface area contributed by atoms with Crippen LogP contribution in [0.15, 0.2) is 0 Å². The molecule has 1 aliphatic rings. The van der Waals surface area contributed by atoms with Gasteiger partial charge in [0, 0.05) is 12.6 Å². The predicted molar refractivity (Wildman–Crippen MR) is 66.1 cm³/mol. The van der Waals surface area contributed by atoms with Gasteiger partial charge in [0.15, 0.2) is 0 Å². The number of primary amides is 1. The van der Waals surface area contributed by atoms with Gasteiger partial charge in [0.1, 0.15) is 0 Å². The Kier molecular flexibility index (Phi) is 4.33. The van der Waals surface area contributed by atoms with E-state index >= 15 is 0 Å². The SMILES string of the molecule is CC(NC(C)(C)C(N)=O)C1CCCN(C)C1. The molecular formula is C12H25N3O. The lowest BCUT2D eigenvalue weighted by Crippen LogP contribution is -2.57. The Hall–Kier alpha value is -0.610. The molecule has 16 heavy (non-hydrogen) atoms. The summed E-state index contributed by atoms with van der Waals surface area (Å²) < 4.78 is 0. The quantitative estimate of drug-likeness (QED) is 0.738. The zero-order valence-corrected chi connectivity index (χ0v) is 10.9. The van der Waals surface area contributed by atoms with Crippen LogP contribution in [0.4, 0.5) is 0 Å². The Bertz CT molecular complexity index is 253. The highest BCUT2D eigenvalue weighted by Crippen LogP contribution is 2.20. The van der Waals surface area contributed by atoms with Gasteiger partial charge in [-0.25, -0.2) is 0 Å². The van der Waals surface area contributed by atoms with Crippen molar-refractivity contribution in [1.29, 1.82) is 0 Å². The minimum atomic E-state index is -0.616.